The number of hydrogen-bond donors (Lipinski definition) is 2. The molecule has 7 heteroatoms. The molecule has 1 atom stereocenters. The van der Waals surface area contributed by atoms with Gasteiger partial charge in [0.1, 0.15) is 9.84 Å². The van der Waals surface area contributed by atoms with Gasteiger partial charge >= 0.3 is 0 Å². The zero-order valence-corrected chi connectivity index (χ0v) is 8.86. The summed E-state index contributed by atoms with van der Waals surface area (Å²) in [5.74, 6) is 4.86. The van der Waals surface area contributed by atoms with Gasteiger partial charge in [0.25, 0.3) is 6.43 Å². The maximum Gasteiger partial charge on any atom is 0.255 e. The number of nitrogens with two attached hydrogens (primary N) is 1. The maximum atomic E-state index is 12.1. The molecule has 0 radical (unpaired) electrons. The first-order valence-corrected chi connectivity index (χ1v) is 6.19. The van der Waals surface area contributed by atoms with E-state index < -0.39 is 22.3 Å². The molecule has 0 aromatic rings. The SMILES string of the molecule is CCS(=O)(=O)CCCC(NN)C(F)F. The highest BCUT2D eigenvalue weighted by Gasteiger charge is 2.19. The van der Waals surface area contributed by atoms with Crippen LogP contribution >= 0.6 is 0 Å². The third-order valence-corrected chi connectivity index (χ3v) is 3.72. The van der Waals surface area contributed by atoms with E-state index >= 15 is 0 Å². The summed E-state index contributed by atoms with van der Waals surface area (Å²) in [5.41, 5.74) is 1.96. The lowest BCUT2D eigenvalue weighted by Crippen LogP contribution is -2.40. The van der Waals surface area contributed by atoms with Crippen LogP contribution in [-0.2, 0) is 9.84 Å². The van der Waals surface area contributed by atoms with Gasteiger partial charge in [-0.25, -0.2) is 17.2 Å². The first-order chi connectivity index (χ1) is 6.43. The lowest BCUT2D eigenvalue weighted by Gasteiger charge is -2.13. The Kier molecular flexibility index (Phi) is 6.14. The molecule has 0 saturated heterocycles. The highest BCUT2D eigenvalue weighted by atomic mass is 32.2. The van der Waals surface area contributed by atoms with Crippen molar-refractivity contribution in [1.82, 2.24) is 5.43 Å². The van der Waals surface area contributed by atoms with Gasteiger partial charge in [0.15, 0.2) is 0 Å². The van der Waals surface area contributed by atoms with Crippen LogP contribution in [0.4, 0.5) is 8.78 Å². The molecule has 0 aliphatic carbocycles. The predicted octanol–water partition coefficient (Wildman–Crippen LogP) is 0.298. The highest BCUT2D eigenvalue weighted by molar-refractivity contribution is 7.91. The minimum atomic E-state index is -3.06. The molecule has 0 spiro atoms. The van der Waals surface area contributed by atoms with Crippen molar-refractivity contribution in [2.75, 3.05) is 11.5 Å². The second-order valence-electron chi connectivity index (χ2n) is 2.99. The lowest BCUT2D eigenvalue weighted by molar-refractivity contribution is 0.0940. The van der Waals surface area contributed by atoms with Crippen molar-refractivity contribution in [2.45, 2.75) is 32.2 Å². The monoisotopic (exact) mass is 230 g/mol. The molecule has 0 aliphatic heterocycles. The zero-order chi connectivity index (χ0) is 11.2. The Bertz CT molecular complexity index is 244. The van der Waals surface area contributed by atoms with E-state index in [0.717, 1.165) is 0 Å². The van der Waals surface area contributed by atoms with Gasteiger partial charge in [-0.05, 0) is 12.8 Å². The van der Waals surface area contributed by atoms with Gasteiger partial charge in [-0.1, -0.05) is 6.92 Å². The number of nitrogens with one attached hydrogen (secondary N) is 1. The normalized spacial score (nSPS) is 14.6. The van der Waals surface area contributed by atoms with Crippen LogP contribution in [0.2, 0.25) is 0 Å². The Morgan fingerprint density at radius 2 is 2.00 bits per heavy atom. The fourth-order valence-corrected chi connectivity index (χ4v) is 1.84. The Morgan fingerprint density at radius 1 is 1.43 bits per heavy atom. The van der Waals surface area contributed by atoms with Crippen molar-refractivity contribution in [1.29, 1.82) is 0 Å². The van der Waals surface area contributed by atoms with Gasteiger partial charge in [-0.3, -0.25) is 11.3 Å². The summed E-state index contributed by atoms with van der Waals surface area (Å²) in [7, 11) is -3.06. The van der Waals surface area contributed by atoms with E-state index in [4.69, 9.17) is 5.84 Å². The van der Waals surface area contributed by atoms with Crippen molar-refractivity contribution in [3.05, 3.63) is 0 Å². The Labute approximate surface area is 82.7 Å². The number of sulfone groups is 1. The topological polar surface area (TPSA) is 72.2 Å². The summed E-state index contributed by atoms with van der Waals surface area (Å²) < 4.78 is 46.2. The average Bonchev–Trinajstić information content (AvgIpc) is 2.12. The van der Waals surface area contributed by atoms with E-state index in [1.165, 1.54) is 6.92 Å². The molecule has 3 N–H and O–H groups in total. The van der Waals surface area contributed by atoms with Crippen LogP contribution in [0.1, 0.15) is 19.8 Å². The lowest BCUT2D eigenvalue weighted by atomic mass is 10.2. The molecule has 4 nitrogen and oxygen atoms in total. The molecular formula is C7H16F2N2O2S. The Balaban J connectivity index is 3.83. The summed E-state index contributed by atoms with van der Waals surface area (Å²) in [5, 5.41) is 0. The molecule has 0 aliphatic rings. The van der Waals surface area contributed by atoms with Gasteiger partial charge in [0, 0.05) is 5.75 Å². The predicted molar refractivity (Wildman–Crippen MR) is 50.7 cm³/mol. The van der Waals surface area contributed by atoms with E-state index in [0.29, 0.717) is 0 Å². The van der Waals surface area contributed by atoms with Crippen LogP contribution < -0.4 is 11.3 Å². The van der Waals surface area contributed by atoms with Crippen LogP contribution in [0.3, 0.4) is 0 Å². The van der Waals surface area contributed by atoms with Crippen molar-refractivity contribution in [2.24, 2.45) is 5.84 Å². The van der Waals surface area contributed by atoms with E-state index in [9.17, 15) is 17.2 Å². The maximum absolute atomic E-state index is 12.1. The molecule has 1 unspecified atom stereocenters. The van der Waals surface area contributed by atoms with Gasteiger partial charge < -0.3 is 0 Å². The second kappa shape index (κ2) is 6.26. The van der Waals surface area contributed by atoms with Gasteiger partial charge in [-0.15, -0.1) is 0 Å². The molecule has 0 bridgehead atoms. The molecule has 0 rings (SSSR count). The fraction of sp³-hybridized carbons (Fsp3) is 1.00. The number of hydrazine groups is 1. The Hall–Kier alpha value is -0.270. The van der Waals surface area contributed by atoms with Gasteiger partial charge in [0.2, 0.25) is 0 Å². The number of alkyl halides is 2. The van der Waals surface area contributed by atoms with Crippen LogP contribution in [0.25, 0.3) is 0 Å². The van der Waals surface area contributed by atoms with Crippen LogP contribution in [0.5, 0.6) is 0 Å². The molecular weight excluding hydrogens is 214 g/mol. The zero-order valence-electron chi connectivity index (χ0n) is 8.04. The quantitative estimate of drug-likeness (QED) is 0.487. The molecule has 0 amide bonds. The van der Waals surface area contributed by atoms with E-state index in [2.05, 4.69) is 0 Å². The summed E-state index contributed by atoms with van der Waals surface area (Å²) in [6.45, 7) is 1.53. The smallest absolute Gasteiger partial charge is 0.255 e. The van der Waals surface area contributed by atoms with Crippen molar-refractivity contribution in [3.8, 4) is 0 Å². The summed E-state index contributed by atoms with van der Waals surface area (Å²) in [6, 6.07) is -1.12. The average molecular weight is 230 g/mol. The minimum absolute atomic E-state index is 0.0440. The molecule has 0 saturated carbocycles. The largest absolute Gasteiger partial charge is 0.271 e. The number of halogens is 2. The molecule has 0 heterocycles. The van der Waals surface area contributed by atoms with Crippen LogP contribution in [-0.4, -0.2) is 32.4 Å². The molecule has 14 heavy (non-hydrogen) atoms. The van der Waals surface area contributed by atoms with Crippen LogP contribution in [0.15, 0.2) is 0 Å². The Morgan fingerprint density at radius 3 is 2.36 bits per heavy atom. The van der Waals surface area contributed by atoms with Gasteiger partial charge in [0.05, 0.1) is 11.8 Å². The van der Waals surface area contributed by atoms with E-state index in [1.54, 1.807) is 0 Å². The first kappa shape index (κ1) is 13.7. The van der Waals surface area contributed by atoms with Crippen molar-refractivity contribution < 1.29 is 17.2 Å². The third-order valence-electron chi connectivity index (χ3n) is 1.93. The second-order valence-corrected chi connectivity index (χ2v) is 5.46. The molecule has 0 aromatic carbocycles. The fourth-order valence-electron chi connectivity index (χ4n) is 0.950. The van der Waals surface area contributed by atoms with E-state index in [1.807, 2.05) is 5.43 Å². The molecule has 86 valence electrons. The van der Waals surface area contributed by atoms with Crippen LogP contribution in [0, 0.1) is 0 Å². The highest BCUT2D eigenvalue weighted by Crippen LogP contribution is 2.08. The molecule has 0 aromatic heterocycles. The van der Waals surface area contributed by atoms with E-state index in [-0.39, 0.29) is 24.3 Å². The van der Waals surface area contributed by atoms with Crippen molar-refractivity contribution >= 4 is 9.84 Å². The standard InChI is InChI=1S/C7H16F2N2O2S/c1-2-14(12,13)5-3-4-6(11-10)7(8)9/h6-7,11H,2-5,10H2,1H3. The third kappa shape index (κ3) is 5.46. The summed E-state index contributed by atoms with van der Waals surface area (Å²) >= 11 is 0. The summed E-state index contributed by atoms with van der Waals surface area (Å²) in [4.78, 5) is 0. The number of hydrogen-bond acceptors (Lipinski definition) is 4. The first-order valence-electron chi connectivity index (χ1n) is 4.37. The molecule has 0 fully saturated rings. The van der Waals surface area contributed by atoms with Crippen molar-refractivity contribution in [3.63, 3.8) is 0 Å². The van der Waals surface area contributed by atoms with Gasteiger partial charge in [-0.2, -0.15) is 0 Å². The summed E-state index contributed by atoms with van der Waals surface area (Å²) in [6.07, 6.45) is -2.30. The minimum Gasteiger partial charge on any atom is -0.271 e. The number of rotatable bonds is 7.